The molecule has 4 rings (SSSR count). The number of H-pyrrole nitrogens is 1. The SMILES string of the molecule is CCN(Cc1nc2ccccc2c(=O)[nH]1)Cc1nc(-c2ccc(C)cc2)no1. The molecule has 0 radical (unpaired) electrons. The average molecular weight is 375 g/mol. The summed E-state index contributed by atoms with van der Waals surface area (Å²) in [7, 11) is 0. The fourth-order valence-electron chi connectivity index (χ4n) is 3.03. The van der Waals surface area contributed by atoms with Gasteiger partial charge in [0.2, 0.25) is 11.7 Å². The van der Waals surface area contributed by atoms with E-state index >= 15 is 0 Å². The van der Waals surface area contributed by atoms with Crippen LogP contribution in [0.15, 0.2) is 57.8 Å². The lowest BCUT2D eigenvalue weighted by atomic mass is 10.1. The highest BCUT2D eigenvalue weighted by atomic mass is 16.5. The number of aromatic amines is 1. The van der Waals surface area contributed by atoms with Gasteiger partial charge in [-0.25, -0.2) is 4.98 Å². The molecule has 1 N–H and O–H groups in total. The van der Waals surface area contributed by atoms with Gasteiger partial charge in [-0.05, 0) is 25.6 Å². The maximum absolute atomic E-state index is 12.3. The Balaban J connectivity index is 1.51. The number of aromatic nitrogens is 4. The quantitative estimate of drug-likeness (QED) is 0.556. The molecular formula is C21H21N5O2. The van der Waals surface area contributed by atoms with Crippen molar-refractivity contribution in [2.45, 2.75) is 26.9 Å². The topological polar surface area (TPSA) is 87.9 Å². The van der Waals surface area contributed by atoms with Gasteiger partial charge in [-0.2, -0.15) is 4.98 Å². The van der Waals surface area contributed by atoms with E-state index in [1.807, 2.05) is 56.3 Å². The first-order chi connectivity index (χ1) is 13.6. The van der Waals surface area contributed by atoms with E-state index in [1.165, 1.54) is 5.56 Å². The number of para-hydroxylation sites is 1. The Morgan fingerprint density at radius 1 is 1.04 bits per heavy atom. The summed E-state index contributed by atoms with van der Waals surface area (Å²) in [5.74, 6) is 1.72. The number of fused-ring (bicyclic) bond motifs is 1. The van der Waals surface area contributed by atoms with E-state index in [1.54, 1.807) is 6.07 Å². The molecule has 0 aliphatic rings. The smallest absolute Gasteiger partial charge is 0.258 e. The Kier molecular flexibility index (Phi) is 4.99. The monoisotopic (exact) mass is 375 g/mol. The van der Waals surface area contributed by atoms with Gasteiger partial charge in [0.15, 0.2) is 0 Å². The Morgan fingerprint density at radius 2 is 1.82 bits per heavy atom. The molecule has 142 valence electrons. The molecule has 28 heavy (non-hydrogen) atoms. The third-order valence-corrected chi connectivity index (χ3v) is 4.62. The lowest BCUT2D eigenvalue weighted by Gasteiger charge is -2.17. The number of hydrogen-bond acceptors (Lipinski definition) is 6. The zero-order chi connectivity index (χ0) is 19.5. The first-order valence-corrected chi connectivity index (χ1v) is 9.22. The molecule has 0 fully saturated rings. The first-order valence-electron chi connectivity index (χ1n) is 9.22. The molecule has 4 aromatic rings. The molecule has 2 aromatic carbocycles. The van der Waals surface area contributed by atoms with Crippen LogP contribution in [-0.2, 0) is 13.1 Å². The lowest BCUT2D eigenvalue weighted by Crippen LogP contribution is -2.25. The van der Waals surface area contributed by atoms with Crippen LogP contribution >= 0.6 is 0 Å². The Labute approximate surface area is 162 Å². The number of benzene rings is 2. The fraction of sp³-hybridized carbons (Fsp3) is 0.238. The van der Waals surface area contributed by atoms with E-state index in [0.29, 0.717) is 41.5 Å². The highest BCUT2D eigenvalue weighted by Crippen LogP contribution is 2.17. The van der Waals surface area contributed by atoms with Crippen LogP contribution in [0.3, 0.4) is 0 Å². The summed E-state index contributed by atoms with van der Waals surface area (Å²) in [6.07, 6.45) is 0. The Morgan fingerprint density at radius 3 is 2.61 bits per heavy atom. The van der Waals surface area contributed by atoms with Crippen molar-refractivity contribution in [1.29, 1.82) is 0 Å². The molecule has 2 heterocycles. The minimum absolute atomic E-state index is 0.129. The summed E-state index contributed by atoms with van der Waals surface area (Å²) >= 11 is 0. The molecule has 0 saturated heterocycles. The summed E-state index contributed by atoms with van der Waals surface area (Å²) in [4.78, 5) is 26.3. The predicted octanol–water partition coefficient (Wildman–Crippen LogP) is 3.30. The average Bonchev–Trinajstić information content (AvgIpc) is 3.16. The van der Waals surface area contributed by atoms with Crippen LogP contribution in [0.5, 0.6) is 0 Å². The zero-order valence-corrected chi connectivity index (χ0v) is 15.8. The van der Waals surface area contributed by atoms with Crippen LogP contribution in [0.2, 0.25) is 0 Å². The van der Waals surface area contributed by atoms with Gasteiger partial charge in [-0.15, -0.1) is 0 Å². The summed E-state index contributed by atoms with van der Waals surface area (Å²) in [6, 6.07) is 15.3. The highest BCUT2D eigenvalue weighted by Gasteiger charge is 2.14. The summed E-state index contributed by atoms with van der Waals surface area (Å²) in [5.41, 5.74) is 2.67. The number of nitrogens with one attached hydrogen (secondary N) is 1. The summed E-state index contributed by atoms with van der Waals surface area (Å²) in [5, 5.41) is 4.67. The highest BCUT2D eigenvalue weighted by molar-refractivity contribution is 5.77. The van der Waals surface area contributed by atoms with Gasteiger partial charge in [0.1, 0.15) is 5.82 Å². The van der Waals surface area contributed by atoms with Gasteiger partial charge < -0.3 is 9.51 Å². The zero-order valence-electron chi connectivity index (χ0n) is 15.8. The van der Waals surface area contributed by atoms with Gasteiger partial charge in [-0.3, -0.25) is 9.69 Å². The summed E-state index contributed by atoms with van der Waals surface area (Å²) < 4.78 is 5.42. The molecule has 0 atom stereocenters. The normalized spacial score (nSPS) is 11.4. The van der Waals surface area contributed by atoms with Crippen molar-refractivity contribution in [2.24, 2.45) is 0 Å². The Bertz CT molecular complexity index is 1150. The first kappa shape index (κ1) is 18.1. The van der Waals surface area contributed by atoms with E-state index in [2.05, 4.69) is 25.0 Å². The second-order valence-corrected chi connectivity index (χ2v) is 6.71. The maximum atomic E-state index is 12.3. The maximum Gasteiger partial charge on any atom is 0.258 e. The van der Waals surface area contributed by atoms with E-state index < -0.39 is 0 Å². The molecule has 7 nitrogen and oxygen atoms in total. The van der Waals surface area contributed by atoms with Crippen molar-refractivity contribution in [1.82, 2.24) is 25.0 Å². The van der Waals surface area contributed by atoms with Crippen LogP contribution in [-0.4, -0.2) is 31.6 Å². The van der Waals surface area contributed by atoms with Gasteiger partial charge in [0.25, 0.3) is 5.56 Å². The summed E-state index contributed by atoms with van der Waals surface area (Å²) in [6.45, 7) is 5.79. The van der Waals surface area contributed by atoms with E-state index in [9.17, 15) is 4.79 Å². The number of rotatable bonds is 6. The largest absolute Gasteiger partial charge is 0.338 e. The van der Waals surface area contributed by atoms with Crippen molar-refractivity contribution in [3.05, 3.63) is 76.2 Å². The van der Waals surface area contributed by atoms with E-state index in [0.717, 1.165) is 12.1 Å². The predicted molar refractivity (Wildman–Crippen MR) is 107 cm³/mol. The van der Waals surface area contributed by atoms with Gasteiger partial charge in [0.05, 0.1) is 24.0 Å². The second-order valence-electron chi connectivity index (χ2n) is 6.71. The van der Waals surface area contributed by atoms with Gasteiger partial charge >= 0.3 is 0 Å². The molecule has 0 aliphatic carbocycles. The van der Waals surface area contributed by atoms with Crippen LogP contribution in [0.1, 0.15) is 24.2 Å². The molecule has 2 aromatic heterocycles. The standard InChI is InChI=1S/C21H21N5O2/c1-3-26(12-18-22-17-7-5-4-6-16(17)21(27)23-18)13-19-24-20(25-28-19)15-10-8-14(2)9-11-15/h4-11H,3,12-13H2,1-2H3,(H,22,23,27). The van der Waals surface area contributed by atoms with Crippen molar-refractivity contribution < 1.29 is 4.52 Å². The van der Waals surface area contributed by atoms with Crippen molar-refractivity contribution in [2.75, 3.05) is 6.54 Å². The molecular weight excluding hydrogens is 354 g/mol. The molecule has 0 aliphatic heterocycles. The second kappa shape index (κ2) is 7.74. The fourth-order valence-corrected chi connectivity index (χ4v) is 3.03. The van der Waals surface area contributed by atoms with Crippen LogP contribution < -0.4 is 5.56 Å². The van der Waals surface area contributed by atoms with Crippen molar-refractivity contribution in [3.63, 3.8) is 0 Å². The molecule has 0 spiro atoms. The molecule has 7 heteroatoms. The van der Waals surface area contributed by atoms with Crippen molar-refractivity contribution >= 4 is 10.9 Å². The third-order valence-electron chi connectivity index (χ3n) is 4.62. The van der Waals surface area contributed by atoms with E-state index in [4.69, 9.17) is 4.52 Å². The van der Waals surface area contributed by atoms with E-state index in [-0.39, 0.29) is 5.56 Å². The Hall–Kier alpha value is -3.32. The van der Waals surface area contributed by atoms with Crippen molar-refractivity contribution in [3.8, 4) is 11.4 Å². The minimum atomic E-state index is -0.129. The van der Waals surface area contributed by atoms with Gasteiger partial charge in [-0.1, -0.05) is 54.0 Å². The van der Waals surface area contributed by atoms with Crippen LogP contribution in [0.25, 0.3) is 22.3 Å². The van der Waals surface area contributed by atoms with Gasteiger partial charge in [0, 0.05) is 5.56 Å². The third kappa shape index (κ3) is 3.84. The molecule has 0 unspecified atom stereocenters. The molecule has 0 saturated carbocycles. The number of nitrogens with zero attached hydrogens (tertiary/aromatic N) is 4. The van der Waals surface area contributed by atoms with Crippen LogP contribution in [0.4, 0.5) is 0 Å². The van der Waals surface area contributed by atoms with Crippen LogP contribution in [0, 0.1) is 6.92 Å². The molecule has 0 bridgehead atoms. The molecule has 0 amide bonds. The lowest BCUT2D eigenvalue weighted by molar-refractivity contribution is 0.224. The minimum Gasteiger partial charge on any atom is -0.338 e. The number of hydrogen-bond donors (Lipinski definition) is 1. The number of aryl methyl sites for hydroxylation is 1.